The molecule has 116 valence electrons. The number of benzene rings is 1. The predicted octanol–water partition coefficient (Wildman–Crippen LogP) is 2.15. The van der Waals surface area contributed by atoms with Crippen LogP contribution in [0.15, 0.2) is 12.1 Å². The molecule has 1 aliphatic heterocycles. The summed E-state index contributed by atoms with van der Waals surface area (Å²) in [4.78, 5) is 14.0. The number of amides is 1. The molecule has 3 N–H and O–H groups in total. The van der Waals surface area contributed by atoms with E-state index in [0.717, 1.165) is 29.9 Å². The number of carbonyl (C=O) groups excluding carboxylic acids is 1. The van der Waals surface area contributed by atoms with Crippen LogP contribution in [0.1, 0.15) is 31.9 Å². The normalized spacial score (nSPS) is 16.8. The lowest BCUT2D eigenvalue weighted by molar-refractivity contribution is -0.117. The smallest absolute Gasteiger partial charge is 0.246 e. The van der Waals surface area contributed by atoms with E-state index in [-0.39, 0.29) is 18.6 Å². The van der Waals surface area contributed by atoms with Crippen LogP contribution in [0.5, 0.6) is 0 Å². The fourth-order valence-electron chi connectivity index (χ4n) is 2.66. The Morgan fingerprint density at radius 1 is 1.38 bits per heavy atom. The molecule has 0 aliphatic carbocycles. The van der Waals surface area contributed by atoms with Crippen LogP contribution >= 0.6 is 11.6 Å². The van der Waals surface area contributed by atoms with Crippen molar-refractivity contribution < 1.29 is 9.90 Å². The third-order valence-corrected chi connectivity index (χ3v) is 3.87. The summed E-state index contributed by atoms with van der Waals surface area (Å²) in [7, 11) is 0. The largest absolute Gasteiger partial charge is 0.395 e. The average Bonchev–Trinajstić information content (AvgIpc) is 2.74. The molecular formula is C15H22ClN3O2. The molecule has 1 heterocycles. The molecular weight excluding hydrogens is 290 g/mol. The highest BCUT2D eigenvalue weighted by molar-refractivity contribution is 6.33. The first-order valence-electron chi connectivity index (χ1n) is 7.35. The van der Waals surface area contributed by atoms with Gasteiger partial charge in [-0.25, -0.2) is 0 Å². The van der Waals surface area contributed by atoms with E-state index in [2.05, 4.69) is 17.6 Å². The number of carbonyl (C=O) groups is 1. The van der Waals surface area contributed by atoms with Crippen molar-refractivity contribution in [2.45, 2.75) is 26.3 Å². The van der Waals surface area contributed by atoms with Gasteiger partial charge in [0.1, 0.15) is 6.04 Å². The first-order valence-corrected chi connectivity index (χ1v) is 7.73. The van der Waals surface area contributed by atoms with Gasteiger partial charge in [0.15, 0.2) is 0 Å². The van der Waals surface area contributed by atoms with Crippen LogP contribution in [0.25, 0.3) is 0 Å². The summed E-state index contributed by atoms with van der Waals surface area (Å²) in [5.74, 6) is -0.0516. The van der Waals surface area contributed by atoms with Gasteiger partial charge >= 0.3 is 0 Å². The molecule has 0 saturated carbocycles. The first-order chi connectivity index (χ1) is 10.1. The Hall–Kier alpha value is -1.30. The summed E-state index contributed by atoms with van der Waals surface area (Å²) in [6.07, 6.45) is 0.958. The molecule has 1 unspecified atom stereocenters. The minimum absolute atomic E-state index is 0.0516. The standard InChI is InChI=1S/C15H22ClN3O2/c1-3-5-19(6-7-20)13-9-12-10(8-11(13)16)14(17-4-2)15(21)18-12/h8-9,14,17,20H,3-7H2,1-2H3,(H,18,21). The van der Waals surface area contributed by atoms with Crippen LogP contribution in [0.4, 0.5) is 11.4 Å². The Kier molecular flexibility index (Phi) is 5.45. The minimum atomic E-state index is -0.339. The number of nitrogens with zero attached hydrogens (tertiary/aromatic N) is 1. The van der Waals surface area contributed by atoms with Crippen LogP contribution in [0.2, 0.25) is 5.02 Å². The molecule has 0 bridgehead atoms. The zero-order valence-electron chi connectivity index (χ0n) is 12.4. The van der Waals surface area contributed by atoms with E-state index in [0.29, 0.717) is 18.1 Å². The van der Waals surface area contributed by atoms with E-state index in [1.165, 1.54) is 0 Å². The van der Waals surface area contributed by atoms with E-state index in [1.807, 2.05) is 24.0 Å². The number of rotatable bonds is 7. The molecule has 0 aromatic heterocycles. The second-order valence-corrected chi connectivity index (χ2v) is 5.49. The third-order valence-electron chi connectivity index (χ3n) is 3.56. The second-order valence-electron chi connectivity index (χ2n) is 5.08. The van der Waals surface area contributed by atoms with Crippen molar-refractivity contribution in [3.05, 3.63) is 22.7 Å². The molecule has 0 fully saturated rings. The zero-order chi connectivity index (χ0) is 15.4. The Labute approximate surface area is 130 Å². The molecule has 0 saturated heterocycles. The van der Waals surface area contributed by atoms with Crippen LogP contribution in [0.3, 0.4) is 0 Å². The van der Waals surface area contributed by atoms with Crippen LogP contribution in [0, 0.1) is 0 Å². The molecule has 1 atom stereocenters. The molecule has 5 nitrogen and oxygen atoms in total. The van der Waals surface area contributed by atoms with Gasteiger partial charge in [-0.2, -0.15) is 0 Å². The summed E-state index contributed by atoms with van der Waals surface area (Å²) in [6.45, 7) is 6.16. The SMILES string of the molecule is CCCN(CCO)c1cc2c(cc1Cl)C(NCC)C(=O)N2. The molecule has 1 amide bonds. The van der Waals surface area contributed by atoms with Gasteiger partial charge in [-0.05, 0) is 25.1 Å². The highest BCUT2D eigenvalue weighted by Crippen LogP contribution is 2.38. The van der Waals surface area contributed by atoms with Gasteiger partial charge in [-0.15, -0.1) is 0 Å². The number of aliphatic hydroxyl groups is 1. The number of hydrogen-bond donors (Lipinski definition) is 3. The number of aliphatic hydroxyl groups excluding tert-OH is 1. The maximum Gasteiger partial charge on any atom is 0.246 e. The van der Waals surface area contributed by atoms with Gasteiger partial charge in [0, 0.05) is 24.3 Å². The fourth-order valence-corrected chi connectivity index (χ4v) is 2.95. The lowest BCUT2D eigenvalue weighted by atomic mass is 10.1. The van der Waals surface area contributed by atoms with Crippen molar-refractivity contribution in [1.29, 1.82) is 0 Å². The number of hydrogen-bond acceptors (Lipinski definition) is 4. The van der Waals surface area contributed by atoms with Crippen molar-refractivity contribution in [3.8, 4) is 0 Å². The van der Waals surface area contributed by atoms with Gasteiger partial charge in [0.05, 0.1) is 17.3 Å². The Bertz CT molecular complexity index is 516. The van der Waals surface area contributed by atoms with Crippen molar-refractivity contribution in [1.82, 2.24) is 5.32 Å². The van der Waals surface area contributed by atoms with Gasteiger partial charge in [0.2, 0.25) is 5.91 Å². The van der Waals surface area contributed by atoms with Crippen LogP contribution in [-0.2, 0) is 4.79 Å². The molecule has 21 heavy (non-hydrogen) atoms. The lowest BCUT2D eigenvalue weighted by Crippen LogP contribution is -2.28. The van der Waals surface area contributed by atoms with Gasteiger partial charge in [-0.3, -0.25) is 4.79 Å². The average molecular weight is 312 g/mol. The summed E-state index contributed by atoms with van der Waals surface area (Å²) in [6, 6.07) is 3.41. The maximum atomic E-state index is 12.0. The van der Waals surface area contributed by atoms with Crippen LogP contribution in [-0.4, -0.2) is 37.3 Å². The lowest BCUT2D eigenvalue weighted by Gasteiger charge is -2.25. The number of likely N-dealkylation sites (N-methyl/N-ethyl adjacent to an activating group) is 1. The topological polar surface area (TPSA) is 64.6 Å². The third kappa shape index (κ3) is 3.31. The van der Waals surface area contributed by atoms with E-state index in [1.54, 1.807) is 0 Å². The summed E-state index contributed by atoms with van der Waals surface area (Å²) in [5.41, 5.74) is 2.53. The monoisotopic (exact) mass is 311 g/mol. The quantitative estimate of drug-likeness (QED) is 0.722. The summed E-state index contributed by atoms with van der Waals surface area (Å²) in [5, 5.41) is 15.8. The molecule has 1 aliphatic rings. The zero-order valence-corrected chi connectivity index (χ0v) is 13.2. The Balaban J connectivity index is 2.35. The van der Waals surface area contributed by atoms with Crippen molar-refractivity contribution >= 4 is 28.9 Å². The maximum absolute atomic E-state index is 12.0. The van der Waals surface area contributed by atoms with Gasteiger partial charge < -0.3 is 20.6 Å². The highest BCUT2D eigenvalue weighted by Gasteiger charge is 2.31. The number of anilines is 2. The molecule has 0 spiro atoms. The molecule has 0 radical (unpaired) electrons. The number of halogens is 1. The number of nitrogens with one attached hydrogen (secondary N) is 2. The first kappa shape index (κ1) is 16.1. The number of fused-ring (bicyclic) bond motifs is 1. The van der Waals surface area contributed by atoms with Crippen molar-refractivity contribution in [3.63, 3.8) is 0 Å². The van der Waals surface area contributed by atoms with E-state index in [9.17, 15) is 9.90 Å². The Morgan fingerprint density at radius 3 is 2.76 bits per heavy atom. The second kappa shape index (κ2) is 7.11. The van der Waals surface area contributed by atoms with E-state index >= 15 is 0 Å². The Morgan fingerprint density at radius 2 is 2.14 bits per heavy atom. The minimum Gasteiger partial charge on any atom is -0.395 e. The molecule has 6 heteroatoms. The van der Waals surface area contributed by atoms with E-state index in [4.69, 9.17) is 11.6 Å². The molecule has 1 aromatic carbocycles. The van der Waals surface area contributed by atoms with Crippen molar-refractivity contribution in [2.75, 3.05) is 36.5 Å². The van der Waals surface area contributed by atoms with Crippen LogP contribution < -0.4 is 15.5 Å². The van der Waals surface area contributed by atoms with Gasteiger partial charge in [-0.1, -0.05) is 25.4 Å². The predicted molar refractivity (Wildman–Crippen MR) is 86.1 cm³/mol. The fraction of sp³-hybridized carbons (Fsp3) is 0.533. The molecule has 1 aromatic rings. The summed E-state index contributed by atoms with van der Waals surface area (Å²) < 4.78 is 0. The van der Waals surface area contributed by atoms with Crippen molar-refractivity contribution in [2.24, 2.45) is 0 Å². The van der Waals surface area contributed by atoms with Gasteiger partial charge in [0.25, 0.3) is 0 Å². The molecule has 2 rings (SSSR count). The highest BCUT2D eigenvalue weighted by atomic mass is 35.5. The van der Waals surface area contributed by atoms with E-state index < -0.39 is 0 Å². The summed E-state index contributed by atoms with van der Waals surface area (Å²) >= 11 is 6.40.